The molecule has 0 N–H and O–H groups in total. The monoisotopic (exact) mass is 227 g/mol. The number of ketones is 1. The van der Waals surface area contributed by atoms with Gasteiger partial charge in [-0.1, -0.05) is 17.7 Å². The number of hydrogen-bond donors (Lipinski definition) is 0. The first-order valence-corrected chi connectivity index (χ1v) is 5.59. The van der Waals surface area contributed by atoms with Crippen LogP contribution in [0.15, 0.2) is 40.8 Å². The Morgan fingerprint density at radius 3 is 2.18 bits per heavy atom. The van der Waals surface area contributed by atoms with E-state index in [-0.39, 0.29) is 5.78 Å². The maximum Gasteiger partial charge on any atom is 0.360 e. The normalized spacial score (nSPS) is 10.3. The van der Waals surface area contributed by atoms with Crippen molar-refractivity contribution in [1.29, 1.82) is 0 Å². The standard InChI is InChI=1S/C15H15O2/c1-10-4-6-13(7-5-10)15-9-8-14(11(2)16)12(3)17-15/h4-9H,1-3H3/q+1. The minimum atomic E-state index is 0.0294. The van der Waals surface area contributed by atoms with Gasteiger partial charge in [-0.25, -0.2) is 4.42 Å². The van der Waals surface area contributed by atoms with E-state index in [2.05, 4.69) is 0 Å². The zero-order valence-corrected chi connectivity index (χ0v) is 10.3. The molecule has 2 nitrogen and oxygen atoms in total. The molecule has 0 saturated carbocycles. The van der Waals surface area contributed by atoms with Gasteiger partial charge in [0.25, 0.3) is 0 Å². The lowest BCUT2D eigenvalue weighted by atomic mass is 10.1. The molecule has 0 bridgehead atoms. The van der Waals surface area contributed by atoms with Crippen LogP contribution in [0.5, 0.6) is 0 Å². The van der Waals surface area contributed by atoms with Crippen molar-refractivity contribution in [2.75, 3.05) is 0 Å². The van der Waals surface area contributed by atoms with Crippen LogP contribution in [0.3, 0.4) is 0 Å². The van der Waals surface area contributed by atoms with Gasteiger partial charge in [-0.15, -0.1) is 0 Å². The highest BCUT2D eigenvalue weighted by atomic mass is 16.3. The number of Topliss-reactive ketones (excluding diaryl/α,β-unsaturated/α-hetero) is 1. The van der Waals surface area contributed by atoms with E-state index in [4.69, 9.17) is 4.42 Å². The highest BCUT2D eigenvalue weighted by molar-refractivity contribution is 5.95. The number of carbonyl (C=O) groups is 1. The zero-order chi connectivity index (χ0) is 12.4. The summed E-state index contributed by atoms with van der Waals surface area (Å²) in [6.07, 6.45) is 0. The fourth-order valence-corrected chi connectivity index (χ4v) is 1.77. The summed E-state index contributed by atoms with van der Waals surface area (Å²) in [6, 6.07) is 11.8. The Hall–Kier alpha value is -1.96. The quantitative estimate of drug-likeness (QED) is 0.572. The summed E-state index contributed by atoms with van der Waals surface area (Å²) >= 11 is 0. The summed E-state index contributed by atoms with van der Waals surface area (Å²) in [5.74, 6) is 1.48. The zero-order valence-electron chi connectivity index (χ0n) is 10.3. The Morgan fingerprint density at radius 1 is 1.00 bits per heavy atom. The van der Waals surface area contributed by atoms with E-state index >= 15 is 0 Å². The van der Waals surface area contributed by atoms with Crippen molar-refractivity contribution >= 4 is 5.78 Å². The molecule has 0 radical (unpaired) electrons. The second kappa shape index (κ2) is 4.50. The predicted molar refractivity (Wildman–Crippen MR) is 68.0 cm³/mol. The number of aryl methyl sites for hydroxylation is 2. The van der Waals surface area contributed by atoms with Crippen molar-refractivity contribution in [1.82, 2.24) is 0 Å². The Bertz CT molecular complexity index is 554. The molecular formula is C15H15O2+. The Morgan fingerprint density at radius 2 is 1.65 bits per heavy atom. The Balaban J connectivity index is 2.44. The lowest BCUT2D eigenvalue weighted by Gasteiger charge is -1.96. The molecule has 0 aliphatic heterocycles. The minimum Gasteiger partial charge on any atom is -0.294 e. The summed E-state index contributed by atoms with van der Waals surface area (Å²) in [5.41, 5.74) is 2.88. The average molecular weight is 227 g/mol. The summed E-state index contributed by atoms with van der Waals surface area (Å²) in [7, 11) is 0. The molecule has 0 atom stereocenters. The third-order valence-electron chi connectivity index (χ3n) is 2.76. The predicted octanol–water partition coefficient (Wildman–Crippen LogP) is 4.05. The van der Waals surface area contributed by atoms with E-state index in [1.807, 2.05) is 50.2 Å². The highest BCUT2D eigenvalue weighted by Crippen LogP contribution is 2.22. The van der Waals surface area contributed by atoms with Gasteiger partial charge in [0, 0.05) is 6.07 Å². The van der Waals surface area contributed by atoms with Crippen LogP contribution in [-0.2, 0) is 0 Å². The van der Waals surface area contributed by atoms with Gasteiger partial charge in [0.05, 0.1) is 12.5 Å². The molecule has 0 unspecified atom stereocenters. The van der Waals surface area contributed by atoms with Crippen LogP contribution in [0.1, 0.15) is 28.6 Å². The molecule has 0 amide bonds. The maximum absolute atomic E-state index is 11.3. The third kappa shape index (κ3) is 2.41. The molecule has 1 aromatic carbocycles. The maximum atomic E-state index is 11.3. The SMILES string of the molecule is CC(=O)c1ccc(-c2ccc(C)cc2)[o+]c1C. The van der Waals surface area contributed by atoms with Gasteiger partial charge in [-0.05, 0) is 32.0 Å². The van der Waals surface area contributed by atoms with Crippen LogP contribution in [0.4, 0.5) is 0 Å². The van der Waals surface area contributed by atoms with Gasteiger partial charge >= 0.3 is 11.5 Å². The smallest absolute Gasteiger partial charge is 0.294 e. The molecule has 2 heteroatoms. The molecule has 2 rings (SSSR count). The molecule has 0 spiro atoms. The summed E-state index contributed by atoms with van der Waals surface area (Å²) in [5, 5.41) is 0. The van der Waals surface area contributed by atoms with E-state index in [1.54, 1.807) is 6.92 Å². The largest absolute Gasteiger partial charge is 0.360 e. The van der Waals surface area contributed by atoms with Crippen LogP contribution >= 0.6 is 0 Å². The van der Waals surface area contributed by atoms with Crippen LogP contribution < -0.4 is 0 Å². The van der Waals surface area contributed by atoms with Crippen molar-refractivity contribution < 1.29 is 9.21 Å². The average Bonchev–Trinajstić information content (AvgIpc) is 2.29. The third-order valence-corrected chi connectivity index (χ3v) is 2.76. The highest BCUT2D eigenvalue weighted by Gasteiger charge is 2.18. The number of hydrogen-bond acceptors (Lipinski definition) is 1. The van der Waals surface area contributed by atoms with Gasteiger partial charge < -0.3 is 0 Å². The lowest BCUT2D eigenvalue weighted by molar-refractivity contribution is 0.101. The lowest BCUT2D eigenvalue weighted by Crippen LogP contribution is -1.95. The summed E-state index contributed by atoms with van der Waals surface area (Å²) in [4.78, 5) is 11.3. The second-order valence-electron chi connectivity index (χ2n) is 4.19. The number of benzene rings is 1. The first-order valence-electron chi connectivity index (χ1n) is 5.59. The molecule has 2 aromatic rings. The van der Waals surface area contributed by atoms with E-state index in [9.17, 15) is 4.79 Å². The number of carbonyl (C=O) groups excluding carboxylic acids is 1. The molecule has 17 heavy (non-hydrogen) atoms. The van der Waals surface area contributed by atoms with Gasteiger partial charge in [-0.2, -0.15) is 0 Å². The topological polar surface area (TPSA) is 28.4 Å². The first-order chi connectivity index (χ1) is 8.08. The van der Waals surface area contributed by atoms with E-state index in [1.165, 1.54) is 5.56 Å². The molecule has 0 aliphatic rings. The molecule has 1 heterocycles. The van der Waals surface area contributed by atoms with Crippen molar-refractivity contribution in [2.45, 2.75) is 20.8 Å². The summed E-state index contributed by atoms with van der Waals surface area (Å²) in [6.45, 7) is 5.41. The second-order valence-corrected chi connectivity index (χ2v) is 4.19. The van der Waals surface area contributed by atoms with Crippen molar-refractivity contribution in [2.24, 2.45) is 0 Å². The Kier molecular flexibility index (Phi) is 3.05. The molecular weight excluding hydrogens is 212 g/mol. The van der Waals surface area contributed by atoms with Crippen molar-refractivity contribution in [3.05, 3.63) is 53.3 Å². The van der Waals surface area contributed by atoms with Crippen molar-refractivity contribution in [3.63, 3.8) is 0 Å². The molecule has 0 saturated heterocycles. The van der Waals surface area contributed by atoms with Crippen LogP contribution in [0, 0.1) is 13.8 Å². The molecule has 0 fully saturated rings. The minimum absolute atomic E-state index is 0.0294. The van der Waals surface area contributed by atoms with Crippen LogP contribution in [0.2, 0.25) is 0 Å². The van der Waals surface area contributed by atoms with Crippen LogP contribution in [0.25, 0.3) is 11.3 Å². The van der Waals surface area contributed by atoms with Crippen molar-refractivity contribution in [3.8, 4) is 11.3 Å². The van der Waals surface area contributed by atoms with Crippen LogP contribution in [-0.4, -0.2) is 5.78 Å². The fourth-order valence-electron chi connectivity index (χ4n) is 1.77. The van der Waals surface area contributed by atoms with Gasteiger partial charge in [0.1, 0.15) is 5.56 Å². The molecule has 1 aromatic heterocycles. The summed E-state index contributed by atoms with van der Waals surface area (Å²) < 4.78 is 5.67. The van der Waals surface area contributed by atoms with Gasteiger partial charge in [0.15, 0.2) is 5.78 Å². The van der Waals surface area contributed by atoms with E-state index in [0.717, 1.165) is 11.3 Å². The van der Waals surface area contributed by atoms with Gasteiger partial charge in [0.2, 0.25) is 0 Å². The Labute approximate surface area is 101 Å². The first kappa shape index (κ1) is 11.5. The van der Waals surface area contributed by atoms with Gasteiger partial charge in [-0.3, -0.25) is 4.79 Å². The molecule has 0 aliphatic carbocycles. The van der Waals surface area contributed by atoms with E-state index in [0.29, 0.717) is 11.3 Å². The van der Waals surface area contributed by atoms with E-state index < -0.39 is 0 Å². The molecule has 86 valence electrons. The fraction of sp³-hybridized carbons (Fsp3) is 0.200. The number of rotatable bonds is 2.